The van der Waals surface area contributed by atoms with Crippen molar-refractivity contribution < 1.29 is 4.74 Å². The summed E-state index contributed by atoms with van der Waals surface area (Å²) in [7, 11) is 0. The number of hydrogen-bond acceptors (Lipinski definition) is 4. The van der Waals surface area contributed by atoms with Crippen molar-refractivity contribution >= 4 is 33.3 Å². The molecule has 0 saturated carbocycles. The lowest BCUT2D eigenvalue weighted by atomic mass is 9.82. The SMILES string of the molecule is Cc1cc(C)c2cc([C@H]3C(C#N)=C(N)Oc4c3ccc3ccccc43)c(Cl)nc2c1. The molecule has 1 atom stereocenters. The van der Waals surface area contributed by atoms with Gasteiger partial charge in [-0.2, -0.15) is 5.26 Å². The Morgan fingerprint density at radius 3 is 2.63 bits per heavy atom. The minimum absolute atomic E-state index is 0.100. The lowest BCUT2D eigenvalue weighted by Crippen LogP contribution is -2.21. The van der Waals surface area contributed by atoms with E-state index in [4.69, 9.17) is 22.1 Å². The van der Waals surface area contributed by atoms with Gasteiger partial charge in [0.05, 0.1) is 11.4 Å². The van der Waals surface area contributed by atoms with Crippen molar-refractivity contribution in [3.8, 4) is 11.8 Å². The molecule has 146 valence electrons. The summed E-state index contributed by atoms with van der Waals surface area (Å²) in [6.07, 6.45) is 0. The Bertz CT molecular complexity index is 1430. The molecule has 1 aromatic heterocycles. The molecular weight excluding hydrogens is 394 g/mol. The maximum absolute atomic E-state index is 9.90. The number of halogens is 1. The molecule has 2 N–H and O–H groups in total. The van der Waals surface area contributed by atoms with Gasteiger partial charge in [-0.3, -0.25) is 0 Å². The molecule has 5 rings (SSSR count). The number of benzene rings is 3. The van der Waals surface area contributed by atoms with E-state index < -0.39 is 5.92 Å². The van der Waals surface area contributed by atoms with Crippen LogP contribution in [0.3, 0.4) is 0 Å². The van der Waals surface area contributed by atoms with Crippen LogP contribution in [0, 0.1) is 25.2 Å². The maximum Gasteiger partial charge on any atom is 0.205 e. The molecule has 3 aromatic carbocycles. The molecule has 0 saturated heterocycles. The molecule has 1 aliphatic rings. The summed E-state index contributed by atoms with van der Waals surface area (Å²) in [5, 5.41) is 13.2. The van der Waals surface area contributed by atoms with E-state index in [9.17, 15) is 5.26 Å². The number of aromatic nitrogens is 1. The van der Waals surface area contributed by atoms with E-state index >= 15 is 0 Å². The second-order valence-electron chi connectivity index (χ2n) is 7.65. The van der Waals surface area contributed by atoms with E-state index in [1.54, 1.807) is 0 Å². The average molecular weight is 412 g/mol. The molecule has 0 bridgehead atoms. The van der Waals surface area contributed by atoms with E-state index in [1.165, 1.54) is 0 Å². The molecule has 0 spiro atoms. The third kappa shape index (κ3) is 2.71. The van der Waals surface area contributed by atoms with Gasteiger partial charge in [0, 0.05) is 21.9 Å². The largest absolute Gasteiger partial charge is 0.440 e. The first-order valence-electron chi connectivity index (χ1n) is 9.64. The molecule has 2 heterocycles. The molecule has 4 aromatic rings. The van der Waals surface area contributed by atoms with Crippen LogP contribution >= 0.6 is 11.6 Å². The molecule has 0 radical (unpaired) electrons. The summed E-state index contributed by atoms with van der Waals surface area (Å²) in [5.41, 5.74) is 11.2. The molecule has 0 aliphatic carbocycles. The van der Waals surface area contributed by atoms with Crippen molar-refractivity contribution in [2.24, 2.45) is 5.73 Å². The summed E-state index contributed by atoms with van der Waals surface area (Å²) in [5.74, 6) is 0.308. The van der Waals surface area contributed by atoms with Crippen LogP contribution in [-0.2, 0) is 0 Å². The van der Waals surface area contributed by atoms with E-state index in [-0.39, 0.29) is 5.88 Å². The van der Waals surface area contributed by atoms with Crippen molar-refractivity contribution in [3.05, 3.63) is 93.5 Å². The predicted octanol–water partition coefficient (Wildman–Crippen LogP) is 5.88. The smallest absolute Gasteiger partial charge is 0.205 e. The molecule has 0 amide bonds. The highest BCUT2D eigenvalue weighted by Gasteiger charge is 2.33. The fourth-order valence-electron chi connectivity index (χ4n) is 4.33. The van der Waals surface area contributed by atoms with Gasteiger partial charge in [-0.15, -0.1) is 0 Å². The van der Waals surface area contributed by atoms with Crippen molar-refractivity contribution in [1.29, 1.82) is 5.26 Å². The van der Waals surface area contributed by atoms with Gasteiger partial charge in [0.15, 0.2) is 0 Å². The van der Waals surface area contributed by atoms with Crippen LogP contribution in [0.5, 0.6) is 5.75 Å². The fraction of sp³-hybridized carbons (Fsp3) is 0.120. The van der Waals surface area contributed by atoms with E-state index in [2.05, 4.69) is 24.0 Å². The number of nitrogens with zero attached hydrogens (tertiary/aromatic N) is 2. The van der Waals surface area contributed by atoms with Crippen LogP contribution in [0.1, 0.15) is 28.2 Å². The average Bonchev–Trinajstić information content (AvgIpc) is 2.72. The number of aryl methyl sites for hydroxylation is 2. The third-order valence-corrected chi connectivity index (χ3v) is 5.99. The zero-order valence-corrected chi connectivity index (χ0v) is 17.3. The van der Waals surface area contributed by atoms with Gasteiger partial charge in [0.1, 0.15) is 22.5 Å². The van der Waals surface area contributed by atoms with Crippen molar-refractivity contribution in [2.45, 2.75) is 19.8 Å². The highest BCUT2D eigenvalue weighted by molar-refractivity contribution is 6.30. The van der Waals surface area contributed by atoms with Gasteiger partial charge in [-0.1, -0.05) is 54.1 Å². The van der Waals surface area contributed by atoms with Crippen LogP contribution in [-0.4, -0.2) is 4.98 Å². The number of ether oxygens (including phenoxy) is 1. The molecule has 0 unspecified atom stereocenters. The minimum atomic E-state index is -0.451. The number of allylic oxidation sites excluding steroid dienone is 1. The maximum atomic E-state index is 9.90. The summed E-state index contributed by atoms with van der Waals surface area (Å²) >= 11 is 6.67. The van der Waals surface area contributed by atoms with E-state index in [0.29, 0.717) is 16.5 Å². The van der Waals surface area contributed by atoms with Crippen molar-refractivity contribution in [2.75, 3.05) is 0 Å². The molecule has 0 fully saturated rings. The topological polar surface area (TPSA) is 71.9 Å². The number of fused-ring (bicyclic) bond motifs is 4. The van der Waals surface area contributed by atoms with E-state index in [1.807, 2.05) is 55.5 Å². The van der Waals surface area contributed by atoms with Crippen LogP contribution < -0.4 is 10.5 Å². The van der Waals surface area contributed by atoms with Gasteiger partial charge >= 0.3 is 0 Å². The normalized spacial score (nSPS) is 15.7. The lowest BCUT2D eigenvalue weighted by molar-refractivity contribution is 0.398. The number of nitrogens with two attached hydrogens (primary N) is 1. The standard InChI is InChI=1S/C25H18ClN3O/c1-13-9-14(2)18-11-19(24(26)29-21(18)10-13)22-17-8-7-15-5-3-4-6-16(15)23(17)30-25(28)20(22)12-27/h3-11,22H,28H2,1-2H3/t22-/m0/s1. The summed E-state index contributed by atoms with van der Waals surface area (Å²) < 4.78 is 5.94. The summed E-state index contributed by atoms with van der Waals surface area (Å²) in [4.78, 5) is 4.65. The number of rotatable bonds is 1. The van der Waals surface area contributed by atoms with Crippen LogP contribution in [0.4, 0.5) is 0 Å². The Kier molecular flexibility index (Phi) is 4.16. The summed E-state index contributed by atoms with van der Waals surface area (Å²) in [6.45, 7) is 4.09. The Morgan fingerprint density at radius 2 is 1.83 bits per heavy atom. The first-order valence-corrected chi connectivity index (χ1v) is 10.0. The number of hydrogen-bond donors (Lipinski definition) is 1. The minimum Gasteiger partial charge on any atom is -0.440 e. The van der Waals surface area contributed by atoms with Gasteiger partial charge < -0.3 is 10.5 Å². The van der Waals surface area contributed by atoms with Crippen LogP contribution in [0.2, 0.25) is 5.15 Å². The van der Waals surface area contributed by atoms with E-state index in [0.717, 1.165) is 43.9 Å². The Hall–Kier alpha value is -3.55. The third-order valence-electron chi connectivity index (χ3n) is 5.68. The van der Waals surface area contributed by atoms with Gasteiger partial charge in [-0.25, -0.2) is 4.98 Å². The van der Waals surface area contributed by atoms with Crippen LogP contribution in [0.15, 0.2) is 66.1 Å². The van der Waals surface area contributed by atoms with Crippen LogP contribution in [0.25, 0.3) is 21.7 Å². The second-order valence-corrected chi connectivity index (χ2v) is 8.00. The molecule has 4 nitrogen and oxygen atoms in total. The van der Waals surface area contributed by atoms with Gasteiger partial charge in [0.2, 0.25) is 5.88 Å². The highest BCUT2D eigenvalue weighted by atomic mass is 35.5. The monoisotopic (exact) mass is 411 g/mol. The number of pyridine rings is 1. The Balaban J connectivity index is 1.83. The second kappa shape index (κ2) is 6.76. The van der Waals surface area contributed by atoms with Crippen molar-refractivity contribution in [3.63, 3.8) is 0 Å². The zero-order chi connectivity index (χ0) is 21.0. The Morgan fingerprint density at radius 1 is 1.03 bits per heavy atom. The first kappa shape index (κ1) is 18.5. The first-order chi connectivity index (χ1) is 14.5. The molecule has 1 aliphatic heterocycles. The fourth-order valence-corrected chi connectivity index (χ4v) is 4.59. The van der Waals surface area contributed by atoms with Crippen molar-refractivity contribution in [1.82, 2.24) is 4.98 Å². The quantitative estimate of drug-likeness (QED) is 0.397. The zero-order valence-electron chi connectivity index (χ0n) is 16.5. The predicted molar refractivity (Wildman–Crippen MR) is 119 cm³/mol. The lowest BCUT2D eigenvalue weighted by Gasteiger charge is -2.28. The summed E-state index contributed by atoms with van der Waals surface area (Å²) in [6, 6.07) is 20.3. The molecular formula is C25H18ClN3O. The molecule has 5 heteroatoms. The van der Waals surface area contributed by atoms with Gasteiger partial charge in [0.25, 0.3) is 0 Å². The number of nitriles is 1. The molecule has 30 heavy (non-hydrogen) atoms. The highest BCUT2D eigenvalue weighted by Crippen LogP contribution is 2.47. The van der Waals surface area contributed by atoms with Gasteiger partial charge in [-0.05, 0) is 42.5 Å². The Labute approximate surface area is 179 Å².